The molecule has 2 N–H and O–H groups in total. The number of anilines is 1. The second kappa shape index (κ2) is 13.9. The summed E-state index contributed by atoms with van der Waals surface area (Å²) in [7, 11) is -3.84. The maximum absolute atomic E-state index is 13.3. The van der Waals surface area contributed by atoms with Gasteiger partial charge in [0.05, 0.1) is 22.4 Å². The molecule has 3 aromatic carbocycles. The number of benzene rings is 3. The topological polar surface area (TPSA) is 126 Å². The van der Waals surface area contributed by atoms with Gasteiger partial charge in [-0.3, -0.25) is 10.1 Å². The van der Waals surface area contributed by atoms with Gasteiger partial charge in [0.2, 0.25) is 9.84 Å². The summed E-state index contributed by atoms with van der Waals surface area (Å²) in [5.74, 6) is -0.381. The molecule has 232 valence electrons. The molecule has 0 aliphatic heterocycles. The smallest absolute Gasteiger partial charge is 0.410 e. The van der Waals surface area contributed by atoms with Crippen LogP contribution in [0.1, 0.15) is 53.2 Å². The van der Waals surface area contributed by atoms with Crippen molar-refractivity contribution in [3.63, 3.8) is 0 Å². The van der Waals surface area contributed by atoms with Crippen LogP contribution in [0.25, 0.3) is 0 Å². The number of carbonyl (C=O) groups excluding carboxylic acids is 2. The van der Waals surface area contributed by atoms with E-state index in [4.69, 9.17) is 16.3 Å². The molecule has 1 heterocycles. The minimum atomic E-state index is -3.84. The van der Waals surface area contributed by atoms with Crippen LogP contribution in [-0.2, 0) is 21.0 Å². The summed E-state index contributed by atoms with van der Waals surface area (Å²) in [4.78, 5) is 32.1. The monoisotopic (exact) mass is 655 g/mol. The highest BCUT2D eigenvalue weighted by Crippen LogP contribution is 2.24. The first-order chi connectivity index (χ1) is 20.7. The quantitative estimate of drug-likeness (QED) is 0.195. The summed E-state index contributed by atoms with van der Waals surface area (Å²) in [5.41, 5.74) is 0.944. The lowest BCUT2D eigenvalue weighted by Gasteiger charge is -2.29. The van der Waals surface area contributed by atoms with Gasteiger partial charge in [0.1, 0.15) is 5.60 Å². The van der Waals surface area contributed by atoms with Crippen molar-refractivity contribution in [2.24, 2.45) is 0 Å². The molecule has 1 aromatic heterocycles. The third-order valence-electron chi connectivity index (χ3n) is 6.45. The van der Waals surface area contributed by atoms with Crippen LogP contribution in [0, 0.1) is 6.92 Å². The number of aliphatic hydroxyl groups excluding tert-OH is 1. The SMILES string of the molecule is Cc1cnc(NC(=O)c2ccc(S(=O)(=O)c3ccc(CCN(C[C@H](O)c4cccc(Cl)c4)C(=O)OC(C)(C)C)cc3)cc2)s1. The number of aliphatic hydroxyl groups is 1. The Balaban J connectivity index is 1.43. The molecule has 12 heteroatoms. The van der Waals surface area contributed by atoms with E-state index in [0.29, 0.717) is 27.7 Å². The van der Waals surface area contributed by atoms with Crippen LogP contribution in [0.5, 0.6) is 0 Å². The van der Waals surface area contributed by atoms with E-state index in [1.165, 1.54) is 52.6 Å². The number of hydrogen-bond acceptors (Lipinski definition) is 8. The lowest BCUT2D eigenvalue weighted by molar-refractivity contribution is 0.0147. The molecular formula is C32H34ClN3O6S2. The molecule has 0 aliphatic carbocycles. The molecule has 0 saturated carbocycles. The third-order valence-corrected chi connectivity index (χ3v) is 9.30. The van der Waals surface area contributed by atoms with E-state index in [-0.39, 0.29) is 28.8 Å². The summed E-state index contributed by atoms with van der Waals surface area (Å²) in [6.45, 7) is 7.39. The minimum absolute atomic E-state index is 0.0147. The van der Waals surface area contributed by atoms with Crippen molar-refractivity contribution < 1.29 is 27.9 Å². The van der Waals surface area contributed by atoms with Gasteiger partial charge in [0.15, 0.2) is 5.13 Å². The zero-order valence-corrected chi connectivity index (χ0v) is 27.2. The van der Waals surface area contributed by atoms with Crippen molar-refractivity contribution in [2.75, 3.05) is 18.4 Å². The zero-order chi connectivity index (χ0) is 32.1. The van der Waals surface area contributed by atoms with Crippen molar-refractivity contribution in [3.05, 3.63) is 106 Å². The lowest BCUT2D eigenvalue weighted by atomic mass is 10.1. The Kier molecular flexibility index (Phi) is 10.5. The predicted molar refractivity (Wildman–Crippen MR) is 171 cm³/mol. The maximum atomic E-state index is 13.3. The number of aromatic nitrogens is 1. The van der Waals surface area contributed by atoms with Gasteiger partial charge < -0.3 is 14.7 Å². The third kappa shape index (κ3) is 8.88. The normalized spacial score (nSPS) is 12.4. The van der Waals surface area contributed by atoms with Gasteiger partial charge >= 0.3 is 6.09 Å². The van der Waals surface area contributed by atoms with Gasteiger partial charge in [-0.2, -0.15) is 0 Å². The summed E-state index contributed by atoms with van der Waals surface area (Å²) < 4.78 is 32.1. The van der Waals surface area contributed by atoms with Gasteiger partial charge in [0.25, 0.3) is 5.91 Å². The number of halogens is 1. The average molecular weight is 656 g/mol. The first-order valence-electron chi connectivity index (χ1n) is 13.8. The van der Waals surface area contributed by atoms with Crippen molar-refractivity contribution in [2.45, 2.75) is 55.6 Å². The number of ether oxygens (including phenoxy) is 1. The Bertz CT molecular complexity index is 1720. The van der Waals surface area contributed by atoms with E-state index >= 15 is 0 Å². The first-order valence-corrected chi connectivity index (χ1v) is 16.5. The van der Waals surface area contributed by atoms with E-state index in [1.54, 1.807) is 63.4 Å². The standard InChI is InChI=1S/C32H34ClN3O6S2/c1-21-19-34-30(43-21)35-29(38)23-10-14-27(15-11-23)44(40,41)26-12-8-22(9-13-26)16-17-36(31(39)42-32(2,3)4)20-28(37)24-6-5-7-25(33)18-24/h5-15,18-19,28,37H,16-17,20H2,1-4H3,(H,34,35,38)/t28-/m0/s1. The molecule has 0 saturated heterocycles. The van der Waals surface area contributed by atoms with Crippen LogP contribution >= 0.6 is 22.9 Å². The number of amides is 2. The minimum Gasteiger partial charge on any atom is -0.444 e. The molecule has 44 heavy (non-hydrogen) atoms. The van der Waals surface area contributed by atoms with Crippen LogP contribution in [-0.4, -0.2) is 54.1 Å². The number of carbonyl (C=O) groups is 2. The Morgan fingerprint density at radius 3 is 2.25 bits per heavy atom. The summed E-state index contributed by atoms with van der Waals surface area (Å²) in [5, 5.41) is 14.5. The molecule has 0 aliphatic rings. The fraction of sp³-hybridized carbons (Fsp3) is 0.281. The maximum Gasteiger partial charge on any atom is 0.410 e. The molecule has 9 nitrogen and oxygen atoms in total. The number of rotatable bonds is 10. The molecular weight excluding hydrogens is 622 g/mol. The second-order valence-electron chi connectivity index (χ2n) is 11.1. The van der Waals surface area contributed by atoms with E-state index in [1.807, 2.05) is 6.92 Å². The fourth-order valence-electron chi connectivity index (χ4n) is 4.21. The van der Waals surface area contributed by atoms with Crippen molar-refractivity contribution >= 4 is 49.9 Å². The van der Waals surface area contributed by atoms with E-state index in [9.17, 15) is 23.1 Å². The van der Waals surface area contributed by atoms with Crippen molar-refractivity contribution in [1.82, 2.24) is 9.88 Å². The molecule has 0 fully saturated rings. The van der Waals surface area contributed by atoms with Crippen LogP contribution in [0.3, 0.4) is 0 Å². The molecule has 0 bridgehead atoms. The summed E-state index contributed by atoms with van der Waals surface area (Å²) in [6, 6.07) is 18.9. The molecule has 4 aromatic rings. The molecule has 0 unspecified atom stereocenters. The van der Waals surface area contributed by atoms with E-state index in [2.05, 4.69) is 10.3 Å². The molecule has 2 amide bonds. The predicted octanol–water partition coefficient (Wildman–Crippen LogP) is 6.70. The van der Waals surface area contributed by atoms with Crippen LogP contribution < -0.4 is 5.32 Å². The lowest BCUT2D eigenvalue weighted by Crippen LogP contribution is -2.40. The Labute approximate surface area is 266 Å². The van der Waals surface area contributed by atoms with Crippen LogP contribution in [0.15, 0.2) is 88.8 Å². The Morgan fingerprint density at radius 1 is 1.05 bits per heavy atom. The number of hydrogen-bond donors (Lipinski definition) is 2. The van der Waals surface area contributed by atoms with E-state index < -0.39 is 27.6 Å². The Morgan fingerprint density at radius 2 is 1.68 bits per heavy atom. The molecule has 0 spiro atoms. The number of nitrogens with one attached hydrogen (secondary N) is 1. The van der Waals surface area contributed by atoms with Gasteiger partial charge in [0, 0.05) is 28.2 Å². The highest BCUT2D eigenvalue weighted by atomic mass is 35.5. The van der Waals surface area contributed by atoms with Gasteiger partial charge in [-0.15, -0.1) is 11.3 Å². The molecule has 0 radical (unpaired) electrons. The van der Waals surface area contributed by atoms with E-state index in [0.717, 1.165) is 10.4 Å². The summed E-state index contributed by atoms with van der Waals surface area (Å²) >= 11 is 7.42. The molecule has 4 rings (SSSR count). The van der Waals surface area contributed by atoms with Crippen molar-refractivity contribution in [1.29, 1.82) is 0 Å². The van der Waals surface area contributed by atoms with Crippen molar-refractivity contribution in [3.8, 4) is 0 Å². The average Bonchev–Trinajstić information content (AvgIpc) is 3.38. The van der Waals surface area contributed by atoms with Crippen LogP contribution in [0.4, 0.5) is 9.93 Å². The van der Waals surface area contributed by atoms with Gasteiger partial charge in [-0.05, 0) is 93.8 Å². The van der Waals surface area contributed by atoms with Gasteiger partial charge in [-0.1, -0.05) is 35.9 Å². The number of nitrogens with zero attached hydrogens (tertiary/aromatic N) is 2. The Hall–Kier alpha value is -3.77. The highest BCUT2D eigenvalue weighted by molar-refractivity contribution is 7.91. The molecule has 1 atom stereocenters. The highest BCUT2D eigenvalue weighted by Gasteiger charge is 2.25. The zero-order valence-electron chi connectivity index (χ0n) is 24.8. The number of thiazole rings is 1. The fourth-order valence-corrected chi connectivity index (χ4v) is 6.33. The number of sulfone groups is 1. The largest absolute Gasteiger partial charge is 0.444 e. The van der Waals surface area contributed by atoms with Gasteiger partial charge in [-0.25, -0.2) is 18.2 Å². The summed E-state index contributed by atoms with van der Waals surface area (Å²) in [6.07, 6.45) is 0.495. The first kappa shape index (κ1) is 33.1. The number of aryl methyl sites for hydroxylation is 1. The second-order valence-corrected chi connectivity index (χ2v) is 14.8. The van der Waals surface area contributed by atoms with Crippen LogP contribution in [0.2, 0.25) is 5.02 Å².